The number of alkyl halides is 3. The Morgan fingerprint density at radius 3 is 2.21 bits per heavy atom. The molecule has 1 aromatic heterocycles. The summed E-state index contributed by atoms with van der Waals surface area (Å²) in [5.74, 6) is 0.133. The average molecular weight is 204 g/mol. The topological polar surface area (TPSA) is 25.8 Å². The van der Waals surface area contributed by atoms with Crippen molar-refractivity contribution in [3.8, 4) is 0 Å². The fourth-order valence-corrected chi connectivity index (χ4v) is 0.995. The van der Waals surface area contributed by atoms with E-state index < -0.39 is 11.9 Å². The molecule has 0 aliphatic carbocycles. The highest BCUT2D eigenvalue weighted by molar-refractivity contribution is 5.14. The maximum Gasteiger partial charge on any atom is 0.433 e. The number of nitrogens with zero attached hydrogens (tertiary/aromatic N) is 2. The molecule has 1 heterocycles. The molecule has 0 fully saturated rings. The second-order valence-electron chi connectivity index (χ2n) is 3.41. The van der Waals surface area contributed by atoms with Gasteiger partial charge in [0.2, 0.25) is 0 Å². The number of halogens is 3. The molecule has 0 saturated carbocycles. The van der Waals surface area contributed by atoms with Crippen LogP contribution in [-0.4, -0.2) is 9.97 Å². The second-order valence-corrected chi connectivity index (χ2v) is 3.41. The lowest BCUT2D eigenvalue weighted by Gasteiger charge is -2.10. The van der Waals surface area contributed by atoms with Crippen LogP contribution < -0.4 is 0 Å². The molecular formula is C9H11F3N2. The van der Waals surface area contributed by atoms with Gasteiger partial charge in [-0.15, -0.1) is 0 Å². The van der Waals surface area contributed by atoms with Crippen LogP contribution in [0.3, 0.4) is 0 Å². The summed E-state index contributed by atoms with van der Waals surface area (Å²) in [7, 11) is 0. The zero-order chi connectivity index (χ0) is 10.9. The Morgan fingerprint density at radius 1 is 1.21 bits per heavy atom. The normalized spacial score (nSPS) is 12.2. The Hall–Kier alpha value is -1.13. The summed E-state index contributed by atoms with van der Waals surface area (Å²) in [4.78, 5) is 7.40. The van der Waals surface area contributed by atoms with Gasteiger partial charge in [0.15, 0.2) is 0 Å². The highest BCUT2D eigenvalue weighted by Crippen LogP contribution is 2.28. The molecule has 1 rings (SSSR count). The van der Waals surface area contributed by atoms with Crippen molar-refractivity contribution in [3.63, 3.8) is 0 Å². The molecular weight excluding hydrogens is 193 g/mol. The van der Waals surface area contributed by atoms with Gasteiger partial charge in [0.25, 0.3) is 0 Å². The van der Waals surface area contributed by atoms with Crippen molar-refractivity contribution < 1.29 is 13.2 Å². The summed E-state index contributed by atoms with van der Waals surface area (Å²) in [6, 6.07) is 0.950. The Labute approximate surface area is 80.2 Å². The fraction of sp³-hybridized carbons (Fsp3) is 0.556. The lowest BCUT2D eigenvalue weighted by molar-refractivity contribution is -0.141. The molecule has 0 unspecified atom stereocenters. The van der Waals surface area contributed by atoms with Gasteiger partial charge < -0.3 is 0 Å². The number of hydrogen-bond acceptors (Lipinski definition) is 2. The van der Waals surface area contributed by atoms with Gasteiger partial charge in [-0.2, -0.15) is 13.2 Å². The highest BCUT2D eigenvalue weighted by Gasteiger charge is 2.33. The zero-order valence-corrected chi connectivity index (χ0v) is 8.18. The van der Waals surface area contributed by atoms with Crippen LogP contribution >= 0.6 is 0 Å². The molecule has 0 radical (unpaired) electrons. The van der Waals surface area contributed by atoms with Gasteiger partial charge >= 0.3 is 6.18 Å². The minimum absolute atomic E-state index is 0.101. The zero-order valence-electron chi connectivity index (χ0n) is 8.18. The van der Waals surface area contributed by atoms with Crippen molar-refractivity contribution in [3.05, 3.63) is 23.3 Å². The van der Waals surface area contributed by atoms with Crippen molar-refractivity contribution in [2.75, 3.05) is 0 Å². The Morgan fingerprint density at radius 2 is 1.79 bits per heavy atom. The van der Waals surface area contributed by atoms with Crippen LogP contribution in [0.4, 0.5) is 13.2 Å². The Balaban J connectivity index is 3.21. The third-order valence-corrected chi connectivity index (χ3v) is 1.68. The summed E-state index contributed by atoms with van der Waals surface area (Å²) >= 11 is 0. The van der Waals surface area contributed by atoms with Crippen LogP contribution in [0.1, 0.15) is 37.0 Å². The molecule has 5 heteroatoms. The molecule has 0 bridgehead atoms. The lowest BCUT2D eigenvalue weighted by atomic mass is 10.2. The summed E-state index contributed by atoms with van der Waals surface area (Å²) < 4.78 is 37.0. The first kappa shape index (κ1) is 10.9. The van der Waals surface area contributed by atoms with Gasteiger partial charge in [-0.1, -0.05) is 13.8 Å². The number of rotatable bonds is 1. The van der Waals surface area contributed by atoms with E-state index in [1.807, 2.05) is 0 Å². The predicted molar refractivity (Wildman–Crippen MR) is 45.9 cm³/mol. The van der Waals surface area contributed by atoms with Crippen LogP contribution in [0.5, 0.6) is 0 Å². The first-order valence-corrected chi connectivity index (χ1v) is 4.23. The maximum atomic E-state index is 12.3. The lowest BCUT2D eigenvalue weighted by Crippen LogP contribution is -2.12. The van der Waals surface area contributed by atoms with E-state index in [0.717, 1.165) is 6.07 Å². The number of aromatic nitrogens is 2. The third-order valence-electron chi connectivity index (χ3n) is 1.68. The SMILES string of the molecule is Cc1cc(C(F)(F)F)nc(C(C)C)n1. The quantitative estimate of drug-likeness (QED) is 0.702. The first-order chi connectivity index (χ1) is 6.30. The third kappa shape index (κ3) is 2.43. The predicted octanol–water partition coefficient (Wildman–Crippen LogP) is 2.93. The molecule has 0 aliphatic heterocycles. The molecule has 0 spiro atoms. The van der Waals surface area contributed by atoms with Crippen LogP contribution in [0.25, 0.3) is 0 Å². The average Bonchev–Trinajstić information content (AvgIpc) is 2.01. The van der Waals surface area contributed by atoms with Crippen molar-refractivity contribution >= 4 is 0 Å². The van der Waals surface area contributed by atoms with E-state index in [-0.39, 0.29) is 11.7 Å². The van der Waals surface area contributed by atoms with E-state index in [1.165, 1.54) is 6.92 Å². The molecule has 0 aromatic carbocycles. The second kappa shape index (κ2) is 3.55. The molecule has 14 heavy (non-hydrogen) atoms. The van der Waals surface area contributed by atoms with Crippen molar-refractivity contribution in [2.24, 2.45) is 0 Å². The molecule has 0 N–H and O–H groups in total. The van der Waals surface area contributed by atoms with Gasteiger partial charge in [-0.05, 0) is 13.0 Å². The van der Waals surface area contributed by atoms with E-state index in [0.29, 0.717) is 5.69 Å². The largest absolute Gasteiger partial charge is 0.433 e. The van der Waals surface area contributed by atoms with Gasteiger partial charge in [-0.3, -0.25) is 0 Å². The monoisotopic (exact) mass is 204 g/mol. The highest BCUT2D eigenvalue weighted by atomic mass is 19.4. The minimum Gasteiger partial charge on any atom is -0.238 e. The molecule has 2 nitrogen and oxygen atoms in total. The van der Waals surface area contributed by atoms with E-state index >= 15 is 0 Å². The molecule has 1 aromatic rings. The van der Waals surface area contributed by atoms with Crippen LogP contribution in [-0.2, 0) is 6.18 Å². The molecule has 0 amide bonds. The van der Waals surface area contributed by atoms with Crippen molar-refractivity contribution in [2.45, 2.75) is 32.9 Å². The summed E-state index contributed by atoms with van der Waals surface area (Å²) in [5.41, 5.74) is -0.523. The molecule has 78 valence electrons. The van der Waals surface area contributed by atoms with E-state index in [9.17, 15) is 13.2 Å². The van der Waals surface area contributed by atoms with Crippen molar-refractivity contribution in [1.29, 1.82) is 0 Å². The van der Waals surface area contributed by atoms with Gasteiger partial charge in [0.05, 0.1) is 0 Å². The molecule has 0 saturated heterocycles. The van der Waals surface area contributed by atoms with E-state index in [2.05, 4.69) is 9.97 Å². The first-order valence-electron chi connectivity index (χ1n) is 4.23. The van der Waals surface area contributed by atoms with E-state index in [1.54, 1.807) is 13.8 Å². The fourth-order valence-electron chi connectivity index (χ4n) is 0.995. The van der Waals surface area contributed by atoms with Crippen LogP contribution in [0, 0.1) is 6.92 Å². The maximum absolute atomic E-state index is 12.3. The van der Waals surface area contributed by atoms with Crippen LogP contribution in [0.2, 0.25) is 0 Å². The van der Waals surface area contributed by atoms with Crippen LogP contribution in [0.15, 0.2) is 6.07 Å². The summed E-state index contributed by atoms with van der Waals surface area (Å²) in [6.45, 7) is 5.05. The van der Waals surface area contributed by atoms with E-state index in [4.69, 9.17) is 0 Å². The Bertz CT molecular complexity index is 331. The van der Waals surface area contributed by atoms with Gasteiger partial charge in [0.1, 0.15) is 11.5 Å². The summed E-state index contributed by atoms with van der Waals surface area (Å²) in [6.07, 6.45) is -4.39. The standard InChI is InChI=1S/C9H11F3N2/c1-5(2)8-13-6(3)4-7(14-8)9(10,11)12/h4-5H,1-3H3. The van der Waals surface area contributed by atoms with Gasteiger partial charge in [-0.25, -0.2) is 9.97 Å². The summed E-state index contributed by atoms with van der Waals surface area (Å²) in [5, 5.41) is 0. The van der Waals surface area contributed by atoms with Crippen molar-refractivity contribution in [1.82, 2.24) is 9.97 Å². The molecule has 0 atom stereocenters. The number of aryl methyl sites for hydroxylation is 1. The Kier molecular flexibility index (Phi) is 2.78. The molecule has 0 aliphatic rings. The van der Waals surface area contributed by atoms with Gasteiger partial charge in [0, 0.05) is 11.6 Å². The smallest absolute Gasteiger partial charge is 0.238 e. The minimum atomic E-state index is -4.39. The number of hydrogen-bond donors (Lipinski definition) is 0.